The number of aromatic nitrogens is 1. The molecule has 0 fully saturated rings. The van der Waals surface area contributed by atoms with Gasteiger partial charge in [-0.05, 0) is 36.6 Å². The molecule has 1 aromatic heterocycles. The Hall–Kier alpha value is -1.64. The van der Waals surface area contributed by atoms with Crippen molar-refractivity contribution < 1.29 is 4.79 Å². The summed E-state index contributed by atoms with van der Waals surface area (Å²) >= 11 is 0. The Morgan fingerprint density at radius 1 is 1.29 bits per heavy atom. The van der Waals surface area contributed by atoms with Crippen LogP contribution in [-0.4, -0.2) is 10.9 Å². The first-order chi connectivity index (χ1) is 6.77. The van der Waals surface area contributed by atoms with Gasteiger partial charge in [0.15, 0.2) is 0 Å². The third-order valence-corrected chi connectivity index (χ3v) is 2.41. The maximum absolute atomic E-state index is 11.1. The predicted molar refractivity (Wildman–Crippen MR) is 54.2 cm³/mol. The molecule has 0 aliphatic carbocycles. The zero-order chi connectivity index (χ0) is 9.97. The Bertz CT molecular complexity index is 382. The van der Waals surface area contributed by atoms with Crippen LogP contribution in [0.1, 0.15) is 25.3 Å². The second kappa shape index (κ2) is 3.62. The van der Waals surface area contributed by atoms with E-state index in [1.165, 1.54) is 5.57 Å². The molecule has 1 aliphatic heterocycles. The van der Waals surface area contributed by atoms with E-state index in [2.05, 4.69) is 10.3 Å². The molecule has 3 heteroatoms. The summed E-state index contributed by atoms with van der Waals surface area (Å²) in [4.78, 5) is 15.1. The topological polar surface area (TPSA) is 42.0 Å². The minimum absolute atomic E-state index is 0.111. The molecule has 1 N–H and O–H groups in total. The van der Waals surface area contributed by atoms with Crippen molar-refractivity contribution in [2.24, 2.45) is 0 Å². The number of rotatable bonds is 1. The SMILES string of the molecule is CC1=C(c2ccncc2)CCC(=O)N1. The van der Waals surface area contributed by atoms with Gasteiger partial charge in [-0.2, -0.15) is 0 Å². The molecule has 0 unspecified atom stereocenters. The first kappa shape index (κ1) is 8.94. The Labute approximate surface area is 82.9 Å². The van der Waals surface area contributed by atoms with Crippen molar-refractivity contribution in [1.82, 2.24) is 10.3 Å². The van der Waals surface area contributed by atoms with Gasteiger partial charge in [0.05, 0.1) is 0 Å². The lowest BCUT2D eigenvalue weighted by Gasteiger charge is -2.18. The van der Waals surface area contributed by atoms with Crippen LogP contribution in [0.2, 0.25) is 0 Å². The highest BCUT2D eigenvalue weighted by atomic mass is 16.1. The van der Waals surface area contributed by atoms with Crippen molar-refractivity contribution in [2.45, 2.75) is 19.8 Å². The lowest BCUT2D eigenvalue weighted by atomic mass is 9.97. The summed E-state index contributed by atoms with van der Waals surface area (Å²) in [5.41, 5.74) is 3.33. The summed E-state index contributed by atoms with van der Waals surface area (Å²) in [5.74, 6) is 0.111. The molecular weight excluding hydrogens is 176 g/mol. The van der Waals surface area contributed by atoms with Crippen molar-refractivity contribution >= 4 is 11.5 Å². The van der Waals surface area contributed by atoms with Crippen molar-refractivity contribution in [3.8, 4) is 0 Å². The standard InChI is InChI=1S/C11H12N2O/c1-8-10(2-3-11(14)13-8)9-4-6-12-7-5-9/h4-7H,2-3H2,1H3,(H,13,14). The quantitative estimate of drug-likeness (QED) is 0.729. The molecule has 0 aromatic carbocycles. The van der Waals surface area contributed by atoms with Crippen LogP contribution >= 0.6 is 0 Å². The van der Waals surface area contributed by atoms with E-state index in [-0.39, 0.29) is 5.91 Å². The number of pyridine rings is 1. The van der Waals surface area contributed by atoms with Crippen molar-refractivity contribution in [2.75, 3.05) is 0 Å². The minimum atomic E-state index is 0.111. The van der Waals surface area contributed by atoms with E-state index < -0.39 is 0 Å². The Morgan fingerprint density at radius 3 is 2.64 bits per heavy atom. The van der Waals surface area contributed by atoms with Crippen LogP contribution in [0.15, 0.2) is 30.2 Å². The molecule has 72 valence electrons. The maximum atomic E-state index is 11.1. The monoisotopic (exact) mass is 188 g/mol. The van der Waals surface area contributed by atoms with Gasteiger partial charge in [0.2, 0.25) is 5.91 Å². The summed E-state index contributed by atoms with van der Waals surface area (Å²) < 4.78 is 0. The van der Waals surface area contributed by atoms with E-state index >= 15 is 0 Å². The van der Waals surface area contributed by atoms with E-state index in [1.54, 1.807) is 12.4 Å². The molecule has 0 saturated heterocycles. The fourth-order valence-electron chi connectivity index (χ4n) is 1.69. The van der Waals surface area contributed by atoms with E-state index in [9.17, 15) is 4.79 Å². The number of nitrogens with zero attached hydrogens (tertiary/aromatic N) is 1. The van der Waals surface area contributed by atoms with E-state index in [4.69, 9.17) is 0 Å². The van der Waals surface area contributed by atoms with E-state index in [0.29, 0.717) is 6.42 Å². The Kier molecular flexibility index (Phi) is 2.31. The molecule has 0 saturated carbocycles. The van der Waals surface area contributed by atoms with Gasteiger partial charge in [0, 0.05) is 24.5 Å². The average molecular weight is 188 g/mol. The Balaban J connectivity index is 2.35. The number of carbonyl (C=O) groups is 1. The van der Waals surface area contributed by atoms with Gasteiger partial charge in [-0.3, -0.25) is 9.78 Å². The van der Waals surface area contributed by atoms with Crippen LogP contribution in [0.5, 0.6) is 0 Å². The molecule has 1 amide bonds. The maximum Gasteiger partial charge on any atom is 0.224 e. The van der Waals surface area contributed by atoms with Crippen molar-refractivity contribution in [3.05, 3.63) is 35.8 Å². The molecule has 0 spiro atoms. The van der Waals surface area contributed by atoms with Crippen LogP contribution in [0, 0.1) is 0 Å². The molecule has 0 atom stereocenters. The highest BCUT2D eigenvalue weighted by Gasteiger charge is 2.15. The third-order valence-electron chi connectivity index (χ3n) is 2.41. The largest absolute Gasteiger partial charge is 0.330 e. The van der Waals surface area contributed by atoms with Crippen LogP contribution in [-0.2, 0) is 4.79 Å². The molecule has 1 aliphatic rings. The number of hydrogen-bond donors (Lipinski definition) is 1. The normalized spacial score (nSPS) is 16.8. The van der Waals surface area contributed by atoms with E-state index in [1.807, 2.05) is 19.1 Å². The molecule has 2 heterocycles. The number of nitrogens with one attached hydrogen (secondary N) is 1. The minimum Gasteiger partial charge on any atom is -0.330 e. The smallest absolute Gasteiger partial charge is 0.224 e. The summed E-state index contributed by atoms with van der Waals surface area (Å²) in [6.45, 7) is 1.94. The molecule has 3 nitrogen and oxygen atoms in total. The van der Waals surface area contributed by atoms with Crippen molar-refractivity contribution in [3.63, 3.8) is 0 Å². The van der Waals surface area contributed by atoms with Crippen molar-refractivity contribution in [1.29, 1.82) is 0 Å². The molecule has 1 aromatic rings. The summed E-state index contributed by atoms with van der Waals surface area (Å²) in [7, 11) is 0. The average Bonchev–Trinajstić information content (AvgIpc) is 2.19. The number of amides is 1. The number of allylic oxidation sites excluding steroid dienone is 2. The van der Waals surface area contributed by atoms with Crippen LogP contribution in [0.4, 0.5) is 0 Å². The summed E-state index contributed by atoms with van der Waals surface area (Å²) in [5, 5.41) is 2.85. The van der Waals surface area contributed by atoms with Crippen LogP contribution in [0.25, 0.3) is 5.57 Å². The Morgan fingerprint density at radius 2 is 2.00 bits per heavy atom. The summed E-state index contributed by atoms with van der Waals surface area (Å²) in [6.07, 6.45) is 4.94. The highest BCUT2D eigenvalue weighted by molar-refractivity contribution is 5.86. The van der Waals surface area contributed by atoms with Gasteiger partial charge in [-0.1, -0.05) is 0 Å². The lowest BCUT2D eigenvalue weighted by molar-refractivity contribution is -0.120. The van der Waals surface area contributed by atoms with Crippen LogP contribution < -0.4 is 5.32 Å². The highest BCUT2D eigenvalue weighted by Crippen LogP contribution is 2.24. The zero-order valence-electron chi connectivity index (χ0n) is 8.08. The fraction of sp³-hybridized carbons (Fsp3) is 0.273. The molecule has 0 bridgehead atoms. The van der Waals surface area contributed by atoms with Gasteiger partial charge in [0.1, 0.15) is 0 Å². The number of carbonyl (C=O) groups excluding carboxylic acids is 1. The summed E-state index contributed by atoms with van der Waals surface area (Å²) in [6, 6.07) is 3.94. The second-order valence-electron chi connectivity index (χ2n) is 3.39. The van der Waals surface area contributed by atoms with E-state index in [0.717, 1.165) is 17.7 Å². The number of hydrogen-bond acceptors (Lipinski definition) is 2. The second-order valence-corrected chi connectivity index (χ2v) is 3.39. The fourth-order valence-corrected chi connectivity index (χ4v) is 1.69. The van der Waals surface area contributed by atoms with Gasteiger partial charge in [0.25, 0.3) is 0 Å². The van der Waals surface area contributed by atoms with Crippen LogP contribution in [0.3, 0.4) is 0 Å². The van der Waals surface area contributed by atoms with Gasteiger partial charge >= 0.3 is 0 Å². The first-order valence-electron chi connectivity index (χ1n) is 4.67. The zero-order valence-corrected chi connectivity index (χ0v) is 8.08. The predicted octanol–water partition coefficient (Wildman–Crippen LogP) is 1.72. The van der Waals surface area contributed by atoms with Gasteiger partial charge < -0.3 is 5.32 Å². The van der Waals surface area contributed by atoms with Gasteiger partial charge in [-0.25, -0.2) is 0 Å². The lowest BCUT2D eigenvalue weighted by Crippen LogP contribution is -2.26. The molecule has 14 heavy (non-hydrogen) atoms. The third kappa shape index (κ3) is 1.66. The molecule has 0 radical (unpaired) electrons. The molecule has 2 rings (SSSR count). The molecular formula is C11H12N2O. The first-order valence-corrected chi connectivity index (χ1v) is 4.67. The van der Waals surface area contributed by atoms with Gasteiger partial charge in [-0.15, -0.1) is 0 Å².